The molecule has 1 heterocycles. The lowest BCUT2D eigenvalue weighted by atomic mass is 10.1. The third kappa shape index (κ3) is 2.06. The Kier molecular flexibility index (Phi) is 3.26. The summed E-state index contributed by atoms with van der Waals surface area (Å²) in [6.07, 6.45) is 3.75. The molecule has 2 rings (SSSR count). The van der Waals surface area contributed by atoms with E-state index in [1.165, 1.54) is 12.1 Å². The monoisotopic (exact) mass is 265 g/mol. The third-order valence-corrected chi connectivity index (χ3v) is 4.78. The summed E-state index contributed by atoms with van der Waals surface area (Å²) in [4.78, 5) is 11.7. The van der Waals surface area contributed by atoms with Gasteiger partial charge in [0.25, 0.3) is 10.0 Å². The largest absolute Gasteiger partial charge is 0.274 e. The van der Waals surface area contributed by atoms with Crippen LogP contribution in [0.3, 0.4) is 0 Å². The number of carbonyl (C=O) groups is 1. The Morgan fingerprint density at radius 2 is 1.89 bits per heavy atom. The summed E-state index contributed by atoms with van der Waals surface area (Å²) in [6.45, 7) is 3.69. The summed E-state index contributed by atoms with van der Waals surface area (Å²) in [7, 11) is -3.71. The summed E-state index contributed by atoms with van der Waals surface area (Å²) in [5.74, 6) is -0.348. The predicted octanol–water partition coefficient (Wildman–Crippen LogP) is 1.86. The Labute approximate surface area is 107 Å². The van der Waals surface area contributed by atoms with Crippen LogP contribution in [0.25, 0.3) is 0 Å². The number of sulfonamides is 1. The van der Waals surface area contributed by atoms with Crippen molar-refractivity contribution in [3.05, 3.63) is 42.0 Å². The summed E-state index contributed by atoms with van der Waals surface area (Å²) < 4.78 is 25.5. The molecule has 1 saturated heterocycles. The normalized spacial score (nSPS) is 20.2. The molecule has 0 aliphatic carbocycles. The molecule has 1 aromatic carbocycles. The van der Waals surface area contributed by atoms with E-state index in [0.29, 0.717) is 0 Å². The van der Waals surface area contributed by atoms with Gasteiger partial charge in [0, 0.05) is 0 Å². The van der Waals surface area contributed by atoms with Gasteiger partial charge in [0.2, 0.25) is 5.91 Å². The number of benzene rings is 1. The zero-order valence-corrected chi connectivity index (χ0v) is 11.1. The average Bonchev–Trinajstić information content (AvgIpc) is 2.28. The Hall–Kier alpha value is -1.62. The van der Waals surface area contributed by atoms with E-state index < -0.39 is 10.0 Å². The van der Waals surface area contributed by atoms with Crippen molar-refractivity contribution < 1.29 is 13.2 Å². The molecule has 4 nitrogen and oxygen atoms in total. The van der Waals surface area contributed by atoms with Gasteiger partial charge in [-0.3, -0.25) is 4.79 Å². The number of hydrogen-bond donors (Lipinski definition) is 0. The number of amides is 1. The average molecular weight is 265 g/mol. The minimum atomic E-state index is -3.71. The van der Waals surface area contributed by atoms with Gasteiger partial charge in [-0.25, -0.2) is 12.7 Å². The molecule has 0 aromatic heterocycles. The van der Waals surface area contributed by atoms with Crippen molar-refractivity contribution in [3.8, 4) is 0 Å². The number of β-lactam (4-membered cyclic amide) rings is 1. The fourth-order valence-corrected chi connectivity index (χ4v) is 3.48. The number of nitrogens with zero attached hydrogens (tertiary/aromatic N) is 1. The van der Waals surface area contributed by atoms with Crippen molar-refractivity contribution in [2.45, 2.75) is 31.2 Å². The first-order valence-corrected chi connectivity index (χ1v) is 7.17. The number of aryl methyl sites for hydroxylation is 1. The van der Waals surface area contributed by atoms with Crippen LogP contribution in [0.5, 0.6) is 0 Å². The molecular formula is C13H15NO3S. The predicted molar refractivity (Wildman–Crippen MR) is 68.4 cm³/mol. The summed E-state index contributed by atoms with van der Waals surface area (Å²) in [6, 6.07) is 6.17. The highest BCUT2D eigenvalue weighted by atomic mass is 32.2. The van der Waals surface area contributed by atoms with E-state index in [0.717, 1.165) is 9.87 Å². The van der Waals surface area contributed by atoms with Crippen LogP contribution < -0.4 is 0 Å². The molecular weight excluding hydrogens is 250 g/mol. The Bertz CT molecular complexity index is 587. The highest BCUT2D eigenvalue weighted by Gasteiger charge is 2.43. The molecule has 1 atom stereocenters. The van der Waals surface area contributed by atoms with Gasteiger partial charge in [0.1, 0.15) is 0 Å². The van der Waals surface area contributed by atoms with Crippen LogP contribution in [-0.4, -0.2) is 24.7 Å². The van der Waals surface area contributed by atoms with Gasteiger partial charge >= 0.3 is 0 Å². The van der Waals surface area contributed by atoms with E-state index in [-0.39, 0.29) is 23.3 Å². The van der Waals surface area contributed by atoms with Crippen LogP contribution >= 0.6 is 0 Å². The van der Waals surface area contributed by atoms with Crippen molar-refractivity contribution in [2.24, 2.45) is 0 Å². The van der Waals surface area contributed by atoms with Gasteiger partial charge in [-0.05, 0) is 26.0 Å². The maximum absolute atomic E-state index is 12.3. The molecule has 5 heteroatoms. The second-order valence-corrected chi connectivity index (χ2v) is 6.12. The highest BCUT2D eigenvalue weighted by Crippen LogP contribution is 2.29. The van der Waals surface area contributed by atoms with E-state index >= 15 is 0 Å². The van der Waals surface area contributed by atoms with Crippen LogP contribution in [-0.2, 0) is 14.8 Å². The molecule has 0 saturated carbocycles. The zero-order chi connectivity index (χ0) is 13.3. The summed E-state index contributed by atoms with van der Waals surface area (Å²) in [5, 5.41) is 0. The van der Waals surface area contributed by atoms with Crippen molar-refractivity contribution >= 4 is 15.9 Å². The standard InChI is InChI=1S/C13H15NO3S/c1-3-4-11-9-13(15)14(11)18(16,17)12-7-5-10(2)6-8-12/h3-8,11H,9H2,1-2H3/b4-3-/t11-/m0/s1. The third-order valence-electron chi connectivity index (χ3n) is 2.92. The fraction of sp³-hybridized carbons (Fsp3) is 0.308. The smallest absolute Gasteiger partial charge is 0.267 e. The van der Waals surface area contributed by atoms with Gasteiger partial charge in [-0.1, -0.05) is 29.8 Å². The number of rotatable bonds is 3. The van der Waals surface area contributed by atoms with Crippen molar-refractivity contribution in [2.75, 3.05) is 0 Å². The summed E-state index contributed by atoms with van der Waals surface area (Å²) in [5.41, 5.74) is 0.980. The SMILES string of the molecule is C/C=C\[C@H]1CC(=O)N1S(=O)(=O)c1ccc(C)cc1. The van der Waals surface area contributed by atoms with Crippen molar-refractivity contribution in [1.82, 2.24) is 4.31 Å². The van der Waals surface area contributed by atoms with Gasteiger partial charge in [0.15, 0.2) is 0 Å². The van der Waals surface area contributed by atoms with Gasteiger partial charge in [0.05, 0.1) is 17.4 Å². The fourth-order valence-electron chi connectivity index (χ4n) is 1.93. The first kappa shape index (κ1) is 12.8. The maximum Gasteiger partial charge on any atom is 0.267 e. The van der Waals surface area contributed by atoms with E-state index in [2.05, 4.69) is 0 Å². The van der Waals surface area contributed by atoms with Crippen LogP contribution in [0.4, 0.5) is 0 Å². The molecule has 96 valence electrons. The van der Waals surface area contributed by atoms with Crippen LogP contribution in [0.2, 0.25) is 0 Å². The van der Waals surface area contributed by atoms with Crippen molar-refractivity contribution in [1.29, 1.82) is 0 Å². The molecule has 0 N–H and O–H groups in total. The second-order valence-electron chi connectivity index (χ2n) is 4.30. The molecule has 0 radical (unpaired) electrons. The minimum Gasteiger partial charge on any atom is -0.274 e. The van der Waals surface area contributed by atoms with E-state index in [9.17, 15) is 13.2 Å². The van der Waals surface area contributed by atoms with Crippen LogP contribution in [0.1, 0.15) is 18.9 Å². The topological polar surface area (TPSA) is 54.5 Å². The molecule has 0 unspecified atom stereocenters. The lowest BCUT2D eigenvalue weighted by molar-refractivity contribution is -0.135. The van der Waals surface area contributed by atoms with Gasteiger partial charge < -0.3 is 0 Å². The van der Waals surface area contributed by atoms with E-state index in [1.807, 2.05) is 6.92 Å². The molecule has 1 aliphatic heterocycles. The lowest BCUT2D eigenvalue weighted by Crippen LogP contribution is -2.54. The molecule has 1 aromatic rings. The van der Waals surface area contributed by atoms with Gasteiger partial charge in [-0.15, -0.1) is 0 Å². The molecule has 0 spiro atoms. The Morgan fingerprint density at radius 1 is 1.28 bits per heavy atom. The molecule has 0 bridgehead atoms. The van der Waals surface area contributed by atoms with E-state index in [4.69, 9.17) is 0 Å². The quantitative estimate of drug-likeness (QED) is 0.619. The number of allylic oxidation sites excluding steroid dienone is 1. The lowest BCUT2D eigenvalue weighted by Gasteiger charge is -2.37. The molecule has 1 amide bonds. The highest BCUT2D eigenvalue weighted by molar-refractivity contribution is 7.89. The van der Waals surface area contributed by atoms with Crippen LogP contribution in [0.15, 0.2) is 41.3 Å². The second kappa shape index (κ2) is 4.57. The van der Waals surface area contributed by atoms with Gasteiger partial charge in [-0.2, -0.15) is 0 Å². The Balaban J connectivity index is 2.36. The zero-order valence-electron chi connectivity index (χ0n) is 10.3. The number of hydrogen-bond acceptors (Lipinski definition) is 3. The number of carbonyl (C=O) groups excluding carboxylic acids is 1. The first-order valence-electron chi connectivity index (χ1n) is 5.73. The van der Waals surface area contributed by atoms with Crippen LogP contribution in [0, 0.1) is 6.92 Å². The van der Waals surface area contributed by atoms with E-state index in [1.54, 1.807) is 31.2 Å². The minimum absolute atomic E-state index is 0.163. The molecule has 18 heavy (non-hydrogen) atoms. The summed E-state index contributed by atoms with van der Waals surface area (Å²) >= 11 is 0. The Morgan fingerprint density at radius 3 is 2.39 bits per heavy atom. The van der Waals surface area contributed by atoms with Crippen molar-refractivity contribution in [3.63, 3.8) is 0 Å². The molecule has 1 aliphatic rings. The molecule has 1 fully saturated rings. The maximum atomic E-state index is 12.3. The first-order chi connectivity index (χ1) is 8.46.